The van der Waals surface area contributed by atoms with Crippen LogP contribution in [0.3, 0.4) is 0 Å². The van der Waals surface area contributed by atoms with Gasteiger partial charge >= 0.3 is 11.9 Å². The Morgan fingerprint density at radius 3 is 2.44 bits per heavy atom. The van der Waals surface area contributed by atoms with Crippen molar-refractivity contribution in [2.75, 3.05) is 13.4 Å². The van der Waals surface area contributed by atoms with Gasteiger partial charge in [0.2, 0.25) is 0 Å². The Bertz CT molecular complexity index is 270. The molecule has 0 amide bonds. The molecule has 6 heteroatoms. The second-order valence-corrected chi connectivity index (χ2v) is 3.03. The molecule has 0 rings (SSSR count). The van der Waals surface area contributed by atoms with E-state index < -0.39 is 31.4 Å². The quantitative estimate of drug-likeness (QED) is 0.372. The van der Waals surface area contributed by atoms with E-state index in [-0.39, 0.29) is 6.42 Å². The summed E-state index contributed by atoms with van der Waals surface area (Å²) in [7, 11) is 0. The van der Waals surface area contributed by atoms with E-state index in [9.17, 15) is 9.59 Å². The highest BCUT2D eigenvalue weighted by Crippen LogP contribution is 2.05. The fraction of sp³-hybridized carbons (Fsp3) is 0.600. The molecule has 0 fully saturated rings. The normalized spacial score (nSPS) is 13.1. The van der Waals surface area contributed by atoms with Crippen molar-refractivity contribution in [1.29, 1.82) is 0 Å². The number of carbonyl (C=O) groups is 2. The number of esters is 2. The summed E-state index contributed by atoms with van der Waals surface area (Å²) in [5, 5.41) is 17.2. The molecular formula is C10H16O6. The van der Waals surface area contributed by atoms with Gasteiger partial charge < -0.3 is 19.7 Å². The van der Waals surface area contributed by atoms with Gasteiger partial charge in [-0.3, -0.25) is 4.79 Å². The molecule has 0 aliphatic heterocycles. The minimum atomic E-state index is -0.957. The zero-order valence-corrected chi connectivity index (χ0v) is 9.30. The molecule has 0 spiro atoms. The van der Waals surface area contributed by atoms with Crippen molar-refractivity contribution in [1.82, 2.24) is 0 Å². The first-order chi connectivity index (χ1) is 7.54. The molecule has 0 aliphatic rings. The Labute approximate surface area is 93.5 Å². The number of hydrogen-bond donors (Lipinski definition) is 2. The Morgan fingerprint density at radius 1 is 1.38 bits per heavy atom. The minimum absolute atomic E-state index is 0.292. The number of allylic oxidation sites excluding steroid dienone is 1. The summed E-state index contributed by atoms with van der Waals surface area (Å²) in [6.07, 6.45) is 0.309. The maximum Gasteiger partial charge on any atom is 0.333 e. The summed E-state index contributed by atoms with van der Waals surface area (Å²) in [6.45, 7) is 2.01. The van der Waals surface area contributed by atoms with Crippen LogP contribution in [0.25, 0.3) is 0 Å². The Hall–Kier alpha value is -1.40. The number of aliphatic hydroxyl groups excluding tert-OH is 2. The lowest BCUT2D eigenvalue weighted by molar-refractivity contribution is -0.159. The molecule has 0 bridgehead atoms. The SMILES string of the molecule is CC=C(C)C(=O)OC(CO)CC(=O)OCO. The van der Waals surface area contributed by atoms with Crippen molar-refractivity contribution in [2.24, 2.45) is 0 Å². The van der Waals surface area contributed by atoms with Crippen molar-refractivity contribution >= 4 is 11.9 Å². The van der Waals surface area contributed by atoms with Crippen molar-refractivity contribution in [2.45, 2.75) is 26.4 Å². The van der Waals surface area contributed by atoms with Gasteiger partial charge in [-0.2, -0.15) is 0 Å². The summed E-state index contributed by atoms with van der Waals surface area (Å²) in [6, 6.07) is 0. The van der Waals surface area contributed by atoms with Crippen molar-refractivity contribution in [3.8, 4) is 0 Å². The van der Waals surface area contributed by atoms with E-state index >= 15 is 0 Å². The topological polar surface area (TPSA) is 93.1 Å². The molecule has 1 unspecified atom stereocenters. The van der Waals surface area contributed by atoms with Gasteiger partial charge in [0, 0.05) is 5.57 Å². The third kappa shape index (κ3) is 5.47. The number of rotatable bonds is 6. The maximum atomic E-state index is 11.3. The number of carbonyl (C=O) groups excluding carboxylic acids is 2. The molecule has 0 aromatic heterocycles. The number of hydrogen-bond acceptors (Lipinski definition) is 6. The van der Waals surface area contributed by atoms with Crippen LogP contribution in [0.5, 0.6) is 0 Å². The molecule has 16 heavy (non-hydrogen) atoms. The molecule has 1 atom stereocenters. The molecule has 92 valence electrons. The summed E-state index contributed by atoms with van der Waals surface area (Å²) >= 11 is 0. The summed E-state index contributed by atoms with van der Waals surface area (Å²) in [5.41, 5.74) is 0.383. The van der Waals surface area contributed by atoms with Crippen LogP contribution in [-0.2, 0) is 19.1 Å². The van der Waals surface area contributed by atoms with Gasteiger partial charge in [0.15, 0.2) is 6.79 Å². The lowest BCUT2D eigenvalue weighted by Gasteiger charge is -2.14. The fourth-order valence-electron chi connectivity index (χ4n) is 0.822. The van der Waals surface area contributed by atoms with Crippen LogP contribution in [0.1, 0.15) is 20.3 Å². The van der Waals surface area contributed by atoms with E-state index in [2.05, 4.69) is 4.74 Å². The lowest BCUT2D eigenvalue weighted by Crippen LogP contribution is -2.26. The molecule has 6 nitrogen and oxygen atoms in total. The van der Waals surface area contributed by atoms with Crippen LogP contribution >= 0.6 is 0 Å². The highest BCUT2D eigenvalue weighted by Gasteiger charge is 2.19. The predicted molar refractivity (Wildman–Crippen MR) is 54.2 cm³/mol. The van der Waals surface area contributed by atoms with E-state index in [4.69, 9.17) is 14.9 Å². The molecule has 0 saturated carbocycles. The lowest BCUT2D eigenvalue weighted by atomic mass is 10.2. The van der Waals surface area contributed by atoms with E-state index in [1.165, 1.54) is 0 Å². The predicted octanol–water partition coefficient (Wildman–Crippen LogP) is -0.260. The van der Waals surface area contributed by atoms with Crippen molar-refractivity contribution < 1.29 is 29.3 Å². The zero-order chi connectivity index (χ0) is 12.6. The van der Waals surface area contributed by atoms with E-state index in [0.29, 0.717) is 5.57 Å². The van der Waals surface area contributed by atoms with Crippen LogP contribution in [0.2, 0.25) is 0 Å². The summed E-state index contributed by atoms with van der Waals surface area (Å²) in [5.74, 6) is -1.34. The first-order valence-electron chi connectivity index (χ1n) is 4.76. The van der Waals surface area contributed by atoms with Crippen LogP contribution in [0.4, 0.5) is 0 Å². The average molecular weight is 232 g/mol. The molecule has 0 aromatic carbocycles. The summed E-state index contributed by atoms with van der Waals surface area (Å²) in [4.78, 5) is 22.2. The molecule has 0 saturated heterocycles. The molecule has 0 radical (unpaired) electrons. The van der Waals surface area contributed by atoms with Gasteiger partial charge in [-0.25, -0.2) is 4.79 Å². The smallest absolute Gasteiger partial charge is 0.333 e. The molecule has 0 heterocycles. The first kappa shape index (κ1) is 14.6. The summed E-state index contributed by atoms with van der Waals surface area (Å²) < 4.78 is 9.07. The first-order valence-corrected chi connectivity index (χ1v) is 4.76. The monoisotopic (exact) mass is 232 g/mol. The van der Waals surface area contributed by atoms with E-state index in [0.717, 1.165) is 0 Å². The maximum absolute atomic E-state index is 11.3. The molecular weight excluding hydrogens is 216 g/mol. The number of aliphatic hydroxyl groups is 2. The molecule has 2 N–H and O–H groups in total. The van der Waals surface area contributed by atoms with Crippen molar-refractivity contribution in [3.63, 3.8) is 0 Å². The largest absolute Gasteiger partial charge is 0.456 e. The van der Waals surface area contributed by atoms with Crippen LogP contribution in [-0.4, -0.2) is 41.7 Å². The average Bonchev–Trinajstić information content (AvgIpc) is 2.27. The van der Waals surface area contributed by atoms with Gasteiger partial charge in [0.25, 0.3) is 0 Å². The second-order valence-electron chi connectivity index (χ2n) is 3.03. The Balaban J connectivity index is 4.20. The molecule has 0 aliphatic carbocycles. The van der Waals surface area contributed by atoms with Gasteiger partial charge in [-0.05, 0) is 13.8 Å². The fourth-order valence-corrected chi connectivity index (χ4v) is 0.822. The zero-order valence-electron chi connectivity index (χ0n) is 9.30. The highest BCUT2D eigenvalue weighted by atomic mass is 16.6. The van der Waals surface area contributed by atoms with Gasteiger partial charge in [-0.15, -0.1) is 0 Å². The van der Waals surface area contributed by atoms with Crippen LogP contribution < -0.4 is 0 Å². The van der Waals surface area contributed by atoms with E-state index in [1.807, 2.05) is 0 Å². The van der Waals surface area contributed by atoms with E-state index in [1.54, 1.807) is 19.9 Å². The molecule has 0 aromatic rings. The second kappa shape index (κ2) is 7.84. The third-order valence-electron chi connectivity index (χ3n) is 1.85. The van der Waals surface area contributed by atoms with Gasteiger partial charge in [0.05, 0.1) is 13.0 Å². The highest BCUT2D eigenvalue weighted by molar-refractivity contribution is 5.88. The Morgan fingerprint density at radius 2 is 2.00 bits per heavy atom. The van der Waals surface area contributed by atoms with Crippen molar-refractivity contribution in [3.05, 3.63) is 11.6 Å². The van der Waals surface area contributed by atoms with Gasteiger partial charge in [0.1, 0.15) is 6.10 Å². The van der Waals surface area contributed by atoms with Gasteiger partial charge in [-0.1, -0.05) is 6.08 Å². The standard InChI is InChI=1S/C10H16O6/c1-3-7(2)10(14)16-8(5-11)4-9(13)15-6-12/h3,8,11-12H,4-6H2,1-2H3. The van der Waals surface area contributed by atoms with Crippen LogP contribution in [0, 0.1) is 0 Å². The Kier molecular flexibility index (Phi) is 7.15. The third-order valence-corrected chi connectivity index (χ3v) is 1.85. The van der Waals surface area contributed by atoms with Crippen LogP contribution in [0.15, 0.2) is 11.6 Å². The minimum Gasteiger partial charge on any atom is -0.456 e. The number of ether oxygens (including phenoxy) is 2.